The number of benzene rings is 3. The fourth-order valence-corrected chi connectivity index (χ4v) is 11.6. The van der Waals surface area contributed by atoms with Crippen LogP contribution < -0.4 is 37.2 Å². The highest BCUT2D eigenvalue weighted by Crippen LogP contribution is 2.35. The molecule has 78 heavy (non-hydrogen) atoms. The fraction of sp³-hybridized carbons (Fsp3) is 0.574. The zero-order valence-corrected chi connectivity index (χ0v) is 47.6. The summed E-state index contributed by atoms with van der Waals surface area (Å²) in [6, 6.07) is 17.2. The van der Waals surface area contributed by atoms with Crippen LogP contribution in [0.1, 0.15) is 157 Å². The lowest BCUT2D eigenvalue weighted by Crippen LogP contribution is -2.59. The Labute approximate surface area is 461 Å². The first-order chi connectivity index (χ1) is 37.0. The molecular formula is C61H85N9O8. The molecular weight excluding hydrogens is 987 g/mol. The Balaban J connectivity index is 0.999. The summed E-state index contributed by atoms with van der Waals surface area (Å²) in [5.74, 6) is -2.37. The molecule has 0 aromatic heterocycles. The van der Waals surface area contributed by atoms with Crippen LogP contribution in [-0.2, 0) is 48.0 Å². The van der Waals surface area contributed by atoms with Crippen LogP contribution in [0.4, 0.5) is 4.79 Å². The van der Waals surface area contributed by atoms with E-state index in [1.807, 2.05) is 90.1 Å². The van der Waals surface area contributed by atoms with Crippen molar-refractivity contribution in [1.82, 2.24) is 47.0 Å². The summed E-state index contributed by atoms with van der Waals surface area (Å²) in [7, 11) is 3.34. The molecule has 10 atom stereocenters. The number of ketones is 2. The Bertz CT molecular complexity index is 2680. The van der Waals surface area contributed by atoms with Gasteiger partial charge < -0.3 is 47.0 Å². The number of urea groups is 1. The van der Waals surface area contributed by atoms with Crippen molar-refractivity contribution in [2.45, 2.75) is 180 Å². The van der Waals surface area contributed by atoms with Gasteiger partial charge in [0.1, 0.15) is 12.1 Å². The van der Waals surface area contributed by atoms with Gasteiger partial charge in [0.15, 0.2) is 11.6 Å². The second kappa shape index (κ2) is 25.6. The van der Waals surface area contributed by atoms with Gasteiger partial charge in [-0.25, -0.2) is 4.79 Å². The van der Waals surface area contributed by atoms with Crippen LogP contribution in [0, 0.1) is 16.7 Å². The molecule has 7 amide bonds. The minimum atomic E-state index is -0.944. The van der Waals surface area contributed by atoms with Gasteiger partial charge in [-0.15, -0.1) is 0 Å². The number of carbonyl (C=O) groups is 8. The monoisotopic (exact) mass is 1070 g/mol. The summed E-state index contributed by atoms with van der Waals surface area (Å²) in [5.41, 5.74) is 4.43. The van der Waals surface area contributed by atoms with E-state index in [0.29, 0.717) is 12.0 Å². The molecule has 1 unspecified atom stereocenters. The molecule has 0 bridgehead atoms. The lowest BCUT2D eigenvalue weighted by Gasteiger charge is -2.36. The third-order valence-electron chi connectivity index (χ3n) is 16.5. The second-order valence-electron chi connectivity index (χ2n) is 24.4. The third kappa shape index (κ3) is 14.4. The van der Waals surface area contributed by atoms with Crippen LogP contribution >= 0.6 is 0 Å². The van der Waals surface area contributed by atoms with Gasteiger partial charge in [-0.1, -0.05) is 114 Å². The van der Waals surface area contributed by atoms with Crippen molar-refractivity contribution in [3.8, 4) is 0 Å². The van der Waals surface area contributed by atoms with Gasteiger partial charge in [-0.05, 0) is 130 Å². The standard InChI is InChI=1S/C61H85N9O8/c1-36(62-9)55(74)67-53(60(3,4)5)52(73)48-31-39(34-70(48)59(78)66-47-24-16-20-41-18-12-14-22-45(41)47)32-50(71)42-28-25-38(26-29-42)27-30-51(72)64-43-33-49(57(76)65-46-23-15-19-40-17-11-13-21-44(40)46)69(35-43)58(77)54(61(6,7)8)68-56(75)37(2)63-10/h11-14,17-18,21-22,25-26,28-29,36-37,39,43,46-49,53-54,62-63H,15-16,19-20,23-24,27,30-35H2,1-10H3,(H,64,72)(H,65,76)(H,66,78)(H,67,74)(H,68,75)/t36-,37-,39-,43-,46+,47+,48?,49-,53+,54+/m0/s1. The Hall–Kier alpha value is -6.46. The predicted octanol–water partition coefficient (Wildman–Crippen LogP) is 5.80. The van der Waals surface area contributed by atoms with Gasteiger partial charge in [0.05, 0.1) is 36.3 Å². The van der Waals surface area contributed by atoms with Crippen LogP contribution in [0.3, 0.4) is 0 Å². The zero-order valence-electron chi connectivity index (χ0n) is 47.6. The van der Waals surface area contributed by atoms with Gasteiger partial charge in [-0.2, -0.15) is 0 Å². The third-order valence-corrected chi connectivity index (χ3v) is 16.5. The maximum absolute atomic E-state index is 14.7. The van der Waals surface area contributed by atoms with E-state index >= 15 is 0 Å². The van der Waals surface area contributed by atoms with E-state index < -0.39 is 59.0 Å². The molecule has 0 spiro atoms. The van der Waals surface area contributed by atoms with E-state index in [1.165, 1.54) is 16.0 Å². The second-order valence-corrected chi connectivity index (χ2v) is 24.4. The summed E-state index contributed by atoms with van der Waals surface area (Å²) in [4.78, 5) is 115. The Morgan fingerprint density at radius 2 is 1.15 bits per heavy atom. The molecule has 7 rings (SSSR count). The zero-order chi connectivity index (χ0) is 56.6. The number of likely N-dealkylation sites (tertiary alicyclic amines) is 2. The normalized spacial score (nSPS) is 22.6. The largest absolute Gasteiger partial charge is 0.351 e. The number of Topliss-reactive ketones (excluding diaryl/α,β-unsaturated/α-hetero) is 2. The van der Waals surface area contributed by atoms with Gasteiger partial charge >= 0.3 is 6.03 Å². The van der Waals surface area contributed by atoms with Crippen molar-refractivity contribution in [3.63, 3.8) is 0 Å². The van der Waals surface area contributed by atoms with E-state index in [0.717, 1.165) is 55.2 Å². The summed E-state index contributed by atoms with van der Waals surface area (Å²) in [5, 5.41) is 21.3. The SMILES string of the molecule is CN[C@@H](C)C(=O)N[C@H](C(=O)C1C[C@@H](CC(=O)c2ccc(CCC(=O)N[C@H]3C[C@@H](C(=O)N[C@@H]4CCCc5ccccc54)N(C(=O)[C@@H](NC(=O)[C@H](C)NC)C(C)(C)C)C3)cc2)CN1C(=O)N[C@@H]1CCCc2ccccc21)C(C)(C)C. The summed E-state index contributed by atoms with van der Waals surface area (Å²) < 4.78 is 0. The average molecular weight is 1070 g/mol. The van der Waals surface area contributed by atoms with E-state index in [-0.39, 0.29) is 98.0 Å². The van der Waals surface area contributed by atoms with E-state index in [1.54, 1.807) is 45.0 Å². The number of nitrogens with one attached hydrogen (secondary N) is 7. The molecule has 0 saturated carbocycles. The molecule has 3 aromatic rings. The molecule has 2 saturated heterocycles. The molecule has 2 heterocycles. The van der Waals surface area contributed by atoms with Crippen LogP contribution in [0.5, 0.6) is 0 Å². The molecule has 3 aromatic carbocycles. The van der Waals surface area contributed by atoms with Crippen LogP contribution in [-0.4, -0.2) is 126 Å². The number of carbonyl (C=O) groups excluding carboxylic acids is 8. The highest BCUT2D eigenvalue weighted by molar-refractivity contribution is 5.99. The number of amides is 7. The molecule has 2 fully saturated rings. The molecule has 4 aliphatic rings. The van der Waals surface area contributed by atoms with Gasteiger partial charge in [-0.3, -0.25) is 33.6 Å². The molecule has 2 aliphatic heterocycles. The Kier molecular flexibility index (Phi) is 19.4. The Morgan fingerprint density at radius 1 is 0.615 bits per heavy atom. The smallest absolute Gasteiger partial charge is 0.318 e. The van der Waals surface area contributed by atoms with Crippen molar-refractivity contribution < 1.29 is 38.4 Å². The molecule has 422 valence electrons. The number of nitrogens with zero attached hydrogens (tertiary/aromatic N) is 2. The van der Waals surface area contributed by atoms with Crippen molar-refractivity contribution in [2.24, 2.45) is 16.7 Å². The van der Waals surface area contributed by atoms with E-state index in [9.17, 15) is 38.4 Å². The summed E-state index contributed by atoms with van der Waals surface area (Å²) in [6.45, 7) is 15.0. The van der Waals surface area contributed by atoms with Gasteiger partial charge in [0.25, 0.3) is 0 Å². The van der Waals surface area contributed by atoms with Crippen LogP contribution in [0.15, 0.2) is 72.8 Å². The quantitative estimate of drug-likeness (QED) is 0.0715. The minimum absolute atomic E-state index is 0.0851. The maximum Gasteiger partial charge on any atom is 0.318 e. The predicted molar refractivity (Wildman–Crippen MR) is 300 cm³/mol. The molecule has 17 nitrogen and oxygen atoms in total. The molecule has 0 radical (unpaired) electrons. The number of hydrogen-bond acceptors (Lipinski definition) is 10. The number of aryl methyl sites for hydroxylation is 3. The number of hydrogen-bond donors (Lipinski definition) is 7. The minimum Gasteiger partial charge on any atom is -0.351 e. The highest BCUT2D eigenvalue weighted by atomic mass is 16.2. The topological polar surface area (TPSA) is 227 Å². The lowest BCUT2D eigenvalue weighted by molar-refractivity contribution is -0.144. The summed E-state index contributed by atoms with van der Waals surface area (Å²) >= 11 is 0. The fourth-order valence-electron chi connectivity index (χ4n) is 11.6. The van der Waals surface area contributed by atoms with Crippen molar-refractivity contribution in [3.05, 3.63) is 106 Å². The average Bonchev–Trinajstić information content (AvgIpc) is 4.09. The number of likely N-dealkylation sites (N-methyl/N-ethyl adjacent to an activating group) is 2. The Morgan fingerprint density at radius 3 is 1.71 bits per heavy atom. The van der Waals surface area contributed by atoms with Crippen LogP contribution in [0.2, 0.25) is 0 Å². The molecule has 17 heteroatoms. The van der Waals surface area contributed by atoms with Crippen molar-refractivity contribution in [2.75, 3.05) is 27.2 Å². The number of rotatable bonds is 19. The molecule has 7 N–H and O–H groups in total. The highest BCUT2D eigenvalue weighted by Gasteiger charge is 2.48. The van der Waals surface area contributed by atoms with E-state index in [4.69, 9.17) is 0 Å². The number of fused-ring (bicyclic) bond motifs is 2. The van der Waals surface area contributed by atoms with Crippen molar-refractivity contribution in [1.29, 1.82) is 0 Å². The van der Waals surface area contributed by atoms with Gasteiger partial charge in [0.2, 0.25) is 29.5 Å². The first kappa shape index (κ1) is 59.2. The first-order valence-corrected chi connectivity index (χ1v) is 28.2. The summed E-state index contributed by atoms with van der Waals surface area (Å²) in [6.07, 6.45) is 6.23. The van der Waals surface area contributed by atoms with Gasteiger partial charge in [0, 0.05) is 37.5 Å². The van der Waals surface area contributed by atoms with Crippen LogP contribution in [0.25, 0.3) is 0 Å². The maximum atomic E-state index is 14.7. The molecule has 2 aliphatic carbocycles. The lowest BCUT2D eigenvalue weighted by atomic mass is 9.80. The van der Waals surface area contributed by atoms with Crippen molar-refractivity contribution >= 4 is 47.1 Å². The van der Waals surface area contributed by atoms with E-state index in [2.05, 4.69) is 49.4 Å². The first-order valence-electron chi connectivity index (χ1n) is 28.2.